The quantitative estimate of drug-likeness (QED) is 0.787. The van der Waals surface area contributed by atoms with Gasteiger partial charge < -0.3 is 19.7 Å². The number of carbonyl (C=O) groups is 1. The van der Waals surface area contributed by atoms with Crippen molar-refractivity contribution in [2.24, 2.45) is 0 Å². The van der Waals surface area contributed by atoms with Crippen molar-refractivity contribution in [2.75, 3.05) is 43.6 Å². The number of benzene rings is 2. The highest BCUT2D eigenvalue weighted by molar-refractivity contribution is 5.92. The summed E-state index contributed by atoms with van der Waals surface area (Å²) in [6.07, 6.45) is 2.20. The van der Waals surface area contributed by atoms with Gasteiger partial charge in [-0.15, -0.1) is 0 Å². The summed E-state index contributed by atoms with van der Waals surface area (Å²) in [5, 5.41) is 2.89. The van der Waals surface area contributed by atoms with Crippen LogP contribution >= 0.6 is 0 Å². The zero-order chi connectivity index (χ0) is 17.5. The van der Waals surface area contributed by atoms with Gasteiger partial charge in [-0.2, -0.15) is 0 Å². The number of aryl methyl sites for hydroxylation is 1. The molecule has 2 aromatic carbocycles. The summed E-state index contributed by atoms with van der Waals surface area (Å²) in [4.78, 5) is 14.2. The molecule has 1 heterocycles. The van der Waals surface area contributed by atoms with Crippen LogP contribution in [0.25, 0.3) is 0 Å². The van der Waals surface area contributed by atoms with Crippen LogP contribution in [0.15, 0.2) is 48.5 Å². The summed E-state index contributed by atoms with van der Waals surface area (Å²) < 4.78 is 10.9. The van der Waals surface area contributed by atoms with E-state index in [1.165, 1.54) is 11.3 Å². The van der Waals surface area contributed by atoms with Gasteiger partial charge in [-0.1, -0.05) is 18.2 Å². The second kappa shape index (κ2) is 8.53. The average molecular weight is 340 g/mol. The van der Waals surface area contributed by atoms with Crippen LogP contribution in [0.5, 0.6) is 5.75 Å². The fourth-order valence-electron chi connectivity index (χ4n) is 2.96. The molecule has 0 atom stereocenters. The number of fused-ring (bicyclic) bond motifs is 1. The lowest BCUT2D eigenvalue weighted by Crippen LogP contribution is -2.25. The van der Waals surface area contributed by atoms with Crippen molar-refractivity contribution in [3.63, 3.8) is 0 Å². The molecule has 25 heavy (non-hydrogen) atoms. The lowest BCUT2D eigenvalue weighted by atomic mass is 10.0. The molecule has 0 radical (unpaired) electrons. The Morgan fingerprint density at radius 1 is 1.16 bits per heavy atom. The minimum absolute atomic E-state index is 0.0230. The third-order valence-electron chi connectivity index (χ3n) is 4.19. The molecule has 0 unspecified atom stereocenters. The SMILES string of the molecule is CN1CCCc2cc(NC(=O)COCCOc3ccccc3)ccc21. The Hall–Kier alpha value is -2.53. The zero-order valence-corrected chi connectivity index (χ0v) is 14.5. The minimum Gasteiger partial charge on any atom is -0.491 e. The van der Waals surface area contributed by atoms with Crippen molar-refractivity contribution in [3.05, 3.63) is 54.1 Å². The highest BCUT2D eigenvalue weighted by Crippen LogP contribution is 2.28. The summed E-state index contributed by atoms with van der Waals surface area (Å²) in [7, 11) is 2.10. The first-order chi connectivity index (χ1) is 12.2. The normalized spacial score (nSPS) is 13.2. The van der Waals surface area contributed by atoms with Gasteiger partial charge in [0.25, 0.3) is 0 Å². The van der Waals surface area contributed by atoms with Gasteiger partial charge in [-0.05, 0) is 48.7 Å². The number of amides is 1. The smallest absolute Gasteiger partial charge is 0.250 e. The summed E-state index contributed by atoms with van der Waals surface area (Å²) >= 11 is 0. The van der Waals surface area contributed by atoms with Gasteiger partial charge in [-0.25, -0.2) is 0 Å². The van der Waals surface area contributed by atoms with Crippen LogP contribution in [0, 0.1) is 0 Å². The molecule has 5 nitrogen and oxygen atoms in total. The predicted octanol–water partition coefficient (Wildman–Crippen LogP) is 3.10. The molecule has 1 aliphatic heterocycles. The molecule has 1 N–H and O–H groups in total. The Bertz CT molecular complexity index is 703. The fraction of sp³-hybridized carbons (Fsp3) is 0.350. The van der Waals surface area contributed by atoms with Gasteiger partial charge in [0.05, 0.1) is 6.61 Å². The van der Waals surface area contributed by atoms with Crippen molar-refractivity contribution < 1.29 is 14.3 Å². The fourth-order valence-corrected chi connectivity index (χ4v) is 2.96. The van der Waals surface area contributed by atoms with Gasteiger partial charge in [0.1, 0.15) is 19.0 Å². The number of anilines is 2. The van der Waals surface area contributed by atoms with E-state index in [1.807, 2.05) is 36.4 Å². The second-order valence-electron chi connectivity index (χ2n) is 6.13. The molecule has 3 rings (SSSR count). The molecule has 0 bridgehead atoms. The number of nitrogens with zero attached hydrogens (tertiary/aromatic N) is 1. The number of hydrogen-bond acceptors (Lipinski definition) is 4. The Morgan fingerprint density at radius 2 is 2.00 bits per heavy atom. The van der Waals surface area contributed by atoms with Gasteiger partial charge >= 0.3 is 0 Å². The van der Waals surface area contributed by atoms with Crippen molar-refractivity contribution in [2.45, 2.75) is 12.8 Å². The van der Waals surface area contributed by atoms with Crippen LogP contribution in [0.2, 0.25) is 0 Å². The zero-order valence-electron chi connectivity index (χ0n) is 14.5. The molecule has 5 heteroatoms. The van der Waals surface area contributed by atoms with Crippen molar-refractivity contribution in [1.82, 2.24) is 0 Å². The first kappa shape index (κ1) is 17.3. The summed E-state index contributed by atoms with van der Waals surface area (Å²) in [5.41, 5.74) is 3.35. The summed E-state index contributed by atoms with van der Waals surface area (Å²) in [5.74, 6) is 0.651. The first-order valence-electron chi connectivity index (χ1n) is 8.62. The third-order valence-corrected chi connectivity index (χ3v) is 4.19. The highest BCUT2D eigenvalue weighted by Gasteiger charge is 2.14. The molecule has 1 amide bonds. The second-order valence-corrected chi connectivity index (χ2v) is 6.13. The van der Waals surface area contributed by atoms with Crippen molar-refractivity contribution in [3.8, 4) is 5.75 Å². The number of rotatable bonds is 7. The predicted molar refractivity (Wildman–Crippen MR) is 99.4 cm³/mol. The molecule has 0 aromatic heterocycles. The van der Waals surface area contributed by atoms with E-state index in [0.717, 1.165) is 30.8 Å². The Kier molecular flexibility index (Phi) is 5.90. The largest absolute Gasteiger partial charge is 0.491 e. The maximum atomic E-state index is 12.0. The first-order valence-corrected chi connectivity index (χ1v) is 8.62. The number of ether oxygens (including phenoxy) is 2. The molecular weight excluding hydrogens is 316 g/mol. The number of nitrogens with one attached hydrogen (secondary N) is 1. The molecule has 0 spiro atoms. The third kappa shape index (κ3) is 4.97. The molecule has 0 saturated carbocycles. The van der Waals surface area contributed by atoms with Crippen molar-refractivity contribution >= 4 is 17.3 Å². The molecule has 0 fully saturated rings. The Morgan fingerprint density at radius 3 is 2.84 bits per heavy atom. The topological polar surface area (TPSA) is 50.8 Å². The maximum Gasteiger partial charge on any atom is 0.250 e. The molecule has 132 valence electrons. The lowest BCUT2D eigenvalue weighted by Gasteiger charge is -2.27. The monoisotopic (exact) mass is 340 g/mol. The number of para-hydroxylation sites is 1. The van der Waals surface area contributed by atoms with E-state index in [0.29, 0.717) is 13.2 Å². The van der Waals surface area contributed by atoms with E-state index in [2.05, 4.69) is 29.4 Å². The van der Waals surface area contributed by atoms with Gasteiger partial charge in [0.2, 0.25) is 5.91 Å². The lowest BCUT2D eigenvalue weighted by molar-refractivity contribution is -0.120. The van der Waals surface area contributed by atoms with E-state index >= 15 is 0 Å². The van der Waals surface area contributed by atoms with Crippen LogP contribution in [0.1, 0.15) is 12.0 Å². The molecular formula is C20H24N2O3. The van der Waals surface area contributed by atoms with Crippen LogP contribution in [-0.2, 0) is 16.0 Å². The molecule has 0 aliphatic carbocycles. The van der Waals surface area contributed by atoms with E-state index in [4.69, 9.17) is 9.47 Å². The minimum atomic E-state index is -0.149. The van der Waals surface area contributed by atoms with Gasteiger partial charge in [0, 0.05) is 25.0 Å². The standard InChI is InChI=1S/C20H24N2O3/c1-22-11-5-6-16-14-17(9-10-19(16)22)21-20(23)15-24-12-13-25-18-7-3-2-4-8-18/h2-4,7-10,14H,5-6,11-13,15H2,1H3,(H,21,23). The number of hydrogen-bond donors (Lipinski definition) is 1. The van der Waals surface area contributed by atoms with Crippen LogP contribution < -0.4 is 15.0 Å². The molecule has 1 aliphatic rings. The molecule has 2 aromatic rings. The van der Waals surface area contributed by atoms with E-state index < -0.39 is 0 Å². The van der Waals surface area contributed by atoms with E-state index in [-0.39, 0.29) is 12.5 Å². The van der Waals surface area contributed by atoms with Gasteiger partial charge in [-0.3, -0.25) is 4.79 Å². The van der Waals surface area contributed by atoms with Crippen LogP contribution in [0.3, 0.4) is 0 Å². The van der Waals surface area contributed by atoms with Crippen LogP contribution in [0.4, 0.5) is 11.4 Å². The summed E-state index contributed by atoms with van der Waals surface area (Å²) in [6.45, 7) is 1.90. The van der Waals surface area contributed by atoms with Gasteiger partial charge in [0.15, 0.2) is 0 Å². The van der Waals surface area contributed by atoms with E-state index in [9.17, 15) is 4.79 Å². The molecule has 0 saturated heterocycles. The number of carbonyl (C=O) groups excluding carboxylic acids is 1. The summed E-state index contributed by atoms with van der Waals surface area (Å²) in [6, 6.07) is 15.6. The Labute approximate surface area is 148 Å². The van der Waals surface area contributed by atoms with E-state index in [1.54, 1.807) is 0 Å². The van der Waals surface area contributed by atoms with Crippen LogP contribution in [-0.4, -0.2) is 39.3 Å². The Balaban J connectivity index is 1.39. The highest BCUT2D eigenvalue weighted by atomic mass is 16.5. The average Bonchev–Trinajstić information content (AvgIpc) is 2.62. The van der Waals surface area contributed by atoms with Crippen molar-refractivity contribution in [1.29, 1.82) is 0 Å². The maximum absolute atomic E-state index is 12.0.